The molecule has 1 aromatic rings. The molecule has 0 heterocycles. The van der Waals surface area contributed by atoms with E-state index in [1.165, 1.54) is 0 Å². The van der Waals surface area contributed by atoms with Gasteiger partial charge in [-0.1, -0.05) is 0 Å². The molecule has 0 radical (unpaired) electrons. The second-order valence-electron chi connectivity index (χ2n) is 5.63. The molecule has 1 saturated carbocycles. The summed E-state index contributed by atoms with van der Waals surface area (Å²) in [6, 6.07) is 6.70. The number of ketones is 1. The molecule has 1 aliphatic rings. The number of nitrogens with one attached hydrogen (secondary N) is 3. The van der Waals surface area contributed by atoms with E-state index < -0.39 is 17.7 Å². The number of hydrazine groups is 1. The molecule has 0 spiro atoms. The molecule has 2 rings (SSSR count). The molecule has 1 aliphatic carbocycles. The number of amides is 3. The summed E-state index contributed by atoms with van der Waals surface area (Å²) in [6.07, 6.45) is 1.61. The van der Waals surface area contributed by atoms with Gasteiger partial charge in [0.2, 0.25) is 5.91 Å². The van der Waals surface area contributed by atoms with E-state index in [2.05, 4.69) is 10.7 Å². The van der Waals surface area contributed by atoms with Crippen LogP contribution in [0.2, 0.25) is 0 Å². The van der Waals surface area contributed by atoms with Gasteiger partial charge >= 0.3 is 11.8 Å². The van der Waals surface area contributed by atoms with Crippen LogP contribution in [-0.4, -0.2) is 36.2 Å². The van der Waals surface area contributed by atoms with Crippen LogP contribution < -0.4 is 20.9 Å². The zero-order valence-electron chi connectivity index (χ0n) is 14.0. The predicted molar refractivity (Wildman–Crippen MR) is 88.6 cm³/mol. The Balaban J connectivity index is 1.68. The van der Waals surface area contributed by atoms with Crippen LogP contribution in [0.15, 0.2) is 24.3 Å². The zero-order valence-corrected chi connectivity index (χ0v) is 14.0. The molecule has 25 heavy (non-hydrogen) atoms. The fourth-order valence-corrected chi connectivity index (χ4v) is 2.00. The van der Waals surface area contributed by atoms with Gasteiger partial charge in [-0.25, -0.2) is 0 Å². The van der Waals surface area contributed by atoms with Crippen molar-refractivity contribution in [1.82, 2.24) is 16.2 Å². The molecule has 8 heteroatoms. The molecule has 0 bridgehead atoms. The van der Waals surface area contributed by atoms with E-state index in [1.807, 2.05) is 12.3 Å². The Labute approximate surface area is 145 Å². The van der Waals surface area contributed by atoms with Crippen molar-refractivity contribution in [2.45, 2.75) is 38.6 Å². The smallest absolute Gasteiger partial charge is 0.327 e. The van der Waals surface area contributed by atoms with E-state index in [0.717, 1.165) is 12.8 Å². The molecule has 1 fully saturated rings. The van der Waals surface area contributed by atoms with Gasteiger partial charge in [0.15, 0.2) is 5.78 Å². The van der Waals surface area contributed by atoms with Crippen LogP contribution in [0.3, 0.4) is 0 Å². The van der Waals surface area contributed by atoms with Gasteiger partial charge < -0.3 is 10.1 Å². The van der Waals surface area contributed by atoms with Crippen molar-refractivity contribution in [3.63, 3.8) is 0 Å². The van der Waals surface area contributed by atoms with Crippen molar-refractivity contribution < 1.29 is 23.9 Å². The molecule has 0 atom stereocenters. The van der Waals surface area contributed by atoms with Crippen LogP contribution in [0.5, 0.6) is 5.75 Å². The van der Waals surface area contributed by atoms with Gasteiger partial charge in [0.1, 0.15) is 5.75 Å². The lowest BCUT2D eigenvalue weighted by Gasteiger charge is -2.07. The van der Waals surface area contributed by atoms with Crippen molar-refractivity contribution in [2.24, 2.45) is 0 Å². The van der Waals surface area contributed by atoms with Crippen molar-refractivity contribution in [1.29, 1.82) is 0 Å². The highest BCUT2D eigenvalue weighted by Gasteiger charge is 2.26. The SMILES string of the molecule is CCOc1ccc(C(=O)CCC(=O)NNC(=O)C(=O)NC2CC2)cc1. The number of ether oxygens (including phenoxy) is 1. The Bertz CT molecular complexity index is 653. The first-order valence-corrected chi connectivity index (χ1v) is 8.15. The fourth-order valence-electron chi connectivity index (χ4n) is 2.00. The van der Waals surface area contributed by atoms with E-state index in [0.29, 0.717) is 17.9 Å². The molecule has 1 aromatic carbocycles. The largest absolute Gasteiger partial charge is 0.494 e. The molecule has 3 N–H and O–H groups in total. The number of carbonyl (C=O) groups is 4. The van der Waals surface area contributed by atoms with Crippen LogP contribution in [0.25, 0.3) is 0 Å². The second-order valence-corrected chi connectivity index (χ2v) is 5.63. The molecule has 8 nitrogen and oxygen atoms in total. The van der Waals surface area contributed by atoms with Crippen molar-refractivity contribution in [3.05, 3.63) is 29.8 Å². The van der Waals surface area contributed by atoms with E-state index in [4.69, 9.17) is 4.74 Å². The van der Waals surface area contributed by atoms with Gasteiger partial charge in [0.25, 0.3) is 0 Å². The van der Waals surface area contributed by atoms with Crippen molar-refractivity contribution >= 4 is 23.5 Å². The third-order valence-corrected chi connectivity index (χ3v) is 3.50. The van der Waals surface area contributed by atoms with Crippen molar-refractivity contribution in [2.75, 3.05) is 6.61 Å². The summed E-state index contributed by atoms with van der Waals surface area (Å²) >= 11 is 0. The maximum atomic E-state index is 12.0. The van der Waals surface area contributed by atoms with E-state index >= 15 is 0 Å². The number of hydrogen-bond acceptors (Lipinski definition) is 5. The normalized spacial score (nSPS) is 12.8. The Hall–Kier alpha value is -2.90. The van der Waals surface area contributed by atoms with Crippen LogP contribution in [0, 0.1) is 0 Å². The third kappa shape index (κ3) is 6.25. The molecule has 3 amide bonds. The lowest BCUT2D eigenvalue weighted by molar-refractivity contribution is -0.141. The lowest BCUT2D eigenvalue weighted by atomic mass is 10.1. The van der Waals surface area contributed by atoms with Gasteiger partial charge in [-0.05, 0) is 44.0 Å². The summed E-state index contributed by atoms with van der Waals surface area (Å²) in [4.78, 5) is 46.5. The average Bonchev–Trinajstić information content (AvgIpc) is 3.42. The molecule has 134 valence electrons. The Morgan fingerprint density at radius 3 is 2.28 bits per heavy atom. The highest BCUT2D eigenvalue weighted by Crippen LogP contribution is 2.18. The maximum absolute atomic E-state index is 12.0. The van der Waals surface area contributed by atoms with E-state index in [1.54, 1.807) is 24.3 Å². The van der Waals surface area contributed by atoms with Crippen LogP contribution in [-0.2, 0) is 14.4 Å². The molecule has 0 aromatic heterocycles. The minimum Gasteiger partial charge on any atom is -0.494 e. The standard InChI is InChI=1S/C17H21N3O5/c1-2-25-13-7-3-11(4-8-13)14(21)9-10-15(22)19-20-17(24)16(23)18-12-5-6-12/h3-4,7-8,12H,2,5-6,9-10H2,1H3,(H,18,23)(H,19,22)(H,20,24). The minimum absolute atomic E-state index is 0.00996. The molecule has 0 unspecified atom stereocenters. The quantitative estimate of drug-likeness (QED) is 0.377. The van der Waals surface area contributed by atoms with Gasteiger partial charge in [0, 0.05) is 24.4 Å². The monoisotopic (exact) mass is 347 g/mol. The fraction of sp³-hybridized carbons (Fsp3) is 0.412. The number of carbonyl (C=O) groups excluding carboxylic acids is 4. The summed E-state index contributed by atoms with van der Waals surface area (Å²) in [7, 11) is 0. The zero-order chi connectivity index (χ0) is 18.2. The van der Waals surface area contributed by atoms with Gasteiger partial charge in [-0.15, -0.1) is 0 Å². The van der Waals surface area contributed by atoms with Crippen LogP contribution in [0.1, 0.15) is 43.0 Å². The minimum atomic E-state index is -0.932. The highest BCUT2D eigenvalue weighted by atomic mass is 16.5. The van der Waals surface area contributed by atoms with Crippen LogP contribution in [0.4, 0.5) is 0 Å². The maximum Gasteiger partial charge on any atom is 0.327 e. The first-order chi connectivity index (χ1) is 12.0. The Morgan fingerprint density at radius 2 is 1.68 bits per heavy atom. The average molecular weight is 347 g/mol. The number of Topliss-reactive ketones (excluding diaryl/α,β-unsaturated/α-hetero) is 1. The second kappa shape index (κ2) is 8.81. The molecular weight excluding hydrogens is 326 g/mol. The summed E-state index contributed by atoms with van der Waals surface area (Å²) < 4.78 is 5.29. The summed E-state index contributed by atoms with van der Waals surface area (Å²) in [5.74, 6) is -1.79. The van der Waals surface area contributed by atoms with Crippen molar-refractivity contribution in [3.8, 4) is 5.75 Å². The first kappa shape index (κ1) is 18.4. The topological polar surface area (TPSA) is 114 Å². The van der Waals surface area contributed by atoms with E-state index in [-0.39, 0.29) is 24.7 Å². The molecule has 0 aliphatic heterocycles. The summed E-state index contributed by atoms with van der Waals surface area (Å²) in [5.41, 5.74) is 4.62. The number of rotatable bonds is 7. The molecule has 0 saturated heterocycles. The van der Waals surface area contributed by atoms with Crippen LogP contribution >= 0.6 is 0 Å². The Kier molecular flexibility index (Phi) is 6.50. The number of hydrogen-bond donors (Lipinski definition) is 3. The Morgan fingerprint density at radius 1 is 1.00 bits per heavy atom. The number of benzene rings is 1. The first-order valence-electron chi connectivity index (χ1n) is 8.15. The van der Waals surface area contributed by atoms with Gasteiger partial charge in [0.05, 0.1) is 6.61 Å². The summed E-state index contributed by atoms with van der Waals surface area (Å²) in [6.45, 7) is 2.41. The predicted octanol–water partition coefficient (Wildman–Crippen LogP) is 0.474. The van der Waals surface area contributed by atoms with E-state index in [9.17, 15) is 19.2 Å². The van der Waals surface area contributed by atoms with Gasteiger partial charge in [-0.2, -0.15) is 0 Å². The lowest BCUT2D eigenvalue weighted by Crippen LogP contribution is -2.49. The third-order valence-electron chi connectivity index (χ3n) is 3.50. The highest BCUT2D eigenvalue weighted by molar-refractivity contribution is 6.35. The van der Waals surface area contributed by atoms with Gasteiger partial charge in [-0.3, -0.25) is 30.0 Å². The molecular formula is C17H21N3O5. The summed E-state index contributed by atoms with van der Waals surface area (Å²) in [5, 5.41) is 2.50.